The van der Waals surface area contributed by atoms with E-state index in [1.807, 2.05) is 38.1 Å². The zero-order valence-electron chi connectivity index (χ0n) is 17.4. The molecule has 6 nitrogen and oxygen atoms in total. The zero-order chi connectivity index (χ0) is 21.7. The molecule has 6 heteroatoms. The number of esters is 1. The minimum Gasteiger partial charge on any atom is -0.464 e. The molecular formula is C24H25NO5. The van der Waals surface area contributed by atoms with Crippen molar-refractivity contribution >= 4 is 28.6 Å². The maximum atomic E-state index is 12.3. The van der Waals surface area contributed by atoms with Gasteiger partial charge in [0.2, 0.25) is 5.91 Å². The number of fused-ring (bicyclic) bond motifs is 1. The van der Waals surface area contributed by atoms with E-state index in [1.165, 1.54) is 6.92 Å². The summed E-state index contributed by atoms with van der Waals surface area (Å²) in [6.07, 6.45) is 2.29. The number of ether oxygens (including phenoxy) is 1. The number of hydrogen-bond donors (Lipinski definition) is 1. The quantitative estimate of drug-likeness (QED) is 0.455. The first kappa shape index (κ1) is 21.3. The highest BCUT2D eigenvalue weighted by Crippen LogP contribution is 2.25. The van der Waals surface area contributed by atoms with E-state index in [1.54, 1.807) is 18.4 Å². The standard InChI is InChI=1S/C24H25NO5/c1-15-10-21-20(13-29-23(21)11-16(15)2)12-24(28)30-14-22(27)19-6-4-18(5-7-19)8-9-25-17(3)26/h4-7,10-11,13H,8-9,12,14H2,1-3H3,(H,25,26). The number of ketones is 1. The summed E-state index contributed by atoms with van der Waals surface area (Å²) in [5.74, 6) is -0.811. The number of aryl methyl sites for hydroxylation is 2. The SMILES string of the molecule is CC(=O)NCCc1ccc(C(=O)COC(=O)Cc2coc3cc(C)c(C)cc23)cc1. The van der Waals surface area contributed by atoms with Crippen LogP contribution in [0.25, 0.3) is 11.0 Å². The van der Waals surface area contributed by atoms with Gasteiger partial charge in [0.15, 0.2) is 12.4 Å². The number of hydrogen-bond acceptors (Lipinski definition) is 5. The second-order valence-electron chi connectivity index (χ2n) is 7.38. The van der Waals surface area contributed by atoms with E-state index in [0.717, 1.165) is 33.2 Å². The summed E-state index contributed by atoms with van der Waals surface area (Å²) in [6.45, 7) is 5.72. The van der Waals surface area contributed by atoms with Gasteiger partial charge >= 0.3 is 5.97 Å². The van der Waals surface area contributed by atoms with Crippen molar-refractivity contribution in [1.29, 1.82) is 0 Å². The summed E-state index contributed by atoms with van der Waals surface area (Å²) < 4.78 is 10.7. The normalized spacial score (nSPS) is 10.8. The first-order valence-electron chi connectivity index (χ1n) is 9.83. The Kier molecular flexibility index (Phi) is 6.67. The summed E-state index contributed by atoms with van der Waals surface area (Å²) in [6, 6.07) is 11.0. The summed E-state index contributed by atoms with van der Waals surface area (Å²) in [4.78, 5) is 35.4. The first-order chi connectivity index (χ1) is 14.3. The topological polar surface area (TPSA) is 85.6 Å². The average Bonchev–Trinajstić information content (AvgIpc) is 3.08. The fourth-order valence-corrected chi connectivity index (χ4v) is 3.15. The molecule has 1 N–H and O–H groups in total. The summed E-state index contributed by atoms with van der Waals surface area (Å²) in [7, 11) is 0. The second kappa shape index (κ2) is 9.39. The molecule has 0 aliphatic heterocycles. The van der Waals surface area contributed by atoms with Crippen LogP contribution in [0.5, 0.6) is 0 Å². The highest BCUT2D eigenvalue weighted by atomic mass is 16.5. The number of amides is 1. The van der Waals surface area contributed by atoms with Crippen molar-refractivity contribution in [3.63, 3.8) is 0 Å². The van der Waals surface area contributed by atoms with Gasteiger partial charge < -0.3 is 14.5 Å². The molecule has 0 saturated heterocycles. The second-order valence-corrected chi connectivity index (χ2v) is 7.38. The fourth-order valence-electron chi connectivity index (χ4n) is 3.15. The molecule has 0 unspecified atom stereocenters. The van der Waals surface area contributed by atoms with Gasteiger partial charge in [-0.25, -0.2) is 0 Å². The van der Waals surface area contributed by atoms with Crippen LogP contribution in [0.4, 0.5) is 0 Å². The van der Waals surface area contributed by atoms with Crippen LogP contribution in [0, 0.1) is 13.8 Å². The lowest BCUT2D eigenvalue weighted by Gasteiger charge is -2.06. The van der Waals surface area contributed by atoms with Gasteiger partial charge in [0.05, 0.1) is 12.7 Å². The van der Waals surface area contributed by atoms with Gasteiger partial charge in [0.1, 0.15) is 5.58 Å². The van der Waals surface area contributed by atoms with E-state index >= 15 is 0 Å². The number of nitrogens with one attached hydrogen (secondary N) is 1. The van der Waals surface area contributed by atoms with Crippen LogP contribution in [0.3, 0.4) is 0 Å². The maximum Gasteiger partial charge on any atom is 0.310 e. The smallest absolute Gasteiger partial charge is 0.310 e. The lowest BCUT2D eigenvalue weighted by molar-refractivity contribution is -0.141. The van der Waals surface area contributed by atoms with Crippen molar-refractivity contribution < 1.29 is 23.5 Å². The third kappa shape index (κ3) is 5.35. The van der Waals surface area contributed by atoms with Crippen LogP contribution >= 0.6 is 0 Å². The minimum atomic E-state index is -0.476. The van der Waals surface area contributed by atoms with Gasteiger partial charge in [-0.3, -0.25) is 14.4 Å². The summed E-state index contributed by atoms with van der Waals surface area (Å²) in [5, 5.41) is 3.61. The fraction of sp³-hybridized carbons (Fsp3) is 0.292. The monoisotopic (exact) mass is 407 g/mol. The molecule has 0 aliphatic rings. The first-order valence-corrected chi connectivity index (χ1v) is 9.83. The van der Waals surface area contributed by atoms with Gasteiger partial charge in [-0.05, 0) is 49.1 Å². The predicted molar refractivity (Wildman–Crippen MR) is 114 cm³/mol. The lowest BCUT2D eigenvalue weighted by atomic mass is 10.0. The van der Waals surface area contributed by atoms with Gasteiger partial charge in [0.25, 0.3) is 0 Å². The van der Waals surface area contributed by atoms with Gasteiger partial charge in [-0.15, -0.1) is 0 Å². The molecule has 0 fully saturated rings. The third-order valence-electron chi connectivity index (χ3n) is 5.03. The van der Waals surface area contributed by atoms with Crippen molar-refractivity contribution in [3.05, 3.63) is 70.5 Å². The molecule has 0 bridgehead atoms. The largest absolute Gasteiger partial charge is 0.464 e. The molecule has 156 valence electrons. The molecule has 0 atom stereocenters. The van der Waals surface area contributed by atoms with Crippen molar-refractivity contribution in [2.24, 2.45) is 0 Å². The number of rotatable bonds is 8. The van der Waals surface area contributed by atoms with Crippen molar-refractivity contribution in [2.75, 3.05) is 13.2 Å². The molecular weight excluding hydrogens is 382 g/mol. The molecule has 30 heavy (non-hydrogen) atoms. The van der Waals surface area contributed by atoms with E-state index < -0.39 is 5.97 Å². The van der Waals surface area contributed by atoms with Crippen LogP contribution in [0.15, 0.2) is 47.1 Å². The Morgan fingerprint density at radius 1 is 1.03 bits per heavy atom. The van der Waals surface area contributed by atoms with E-state index in [9.17, 15) is 14.4 Å². The number of Topliss-reactive ketones (excluding diaryl/α,β-unsaturated/α-hetero) is 1. The van der Waals surface area contributed by atoms with Crippen LogP contribution in [-0.2, 0) is 27.2 Å². The number of carbonyl (C=O) groups excluding carboxylic acids is 3. The van der Waals surface area contributed by atoms with E-state index in [4.69, 9.17) is 9.15 Å². The highest BCUT2D eigenvalue weighted by Gasteiger charge is 2.15. The van der Waals surface area contributed by atoms with E-state index in [0.29, 0.717) is 18.5 Å². The lowest BCUT2D eigenvalue weighted by Crippen LogP contribution is -2.22. The number of carbonyl (C=O) groups is 3. The number of benzene rings is 2. The Hall–Kier alpha value is -3.41. The molecule has 0 spiro atoms. The Labute approximate surface area is 175 Å². The molecule has 3 rings (SSSR count). The summed E-state index contributed by atoms with van der Waals surface area (Å²) in [5.41, 5.74) is 5.21. The van der Waals surface area contributed by atoms with Crippen molar-refractivity contribution in [2.45, 2.75) is 33.6 Å². The molecule has 0 aliphatic carbocycles. The molecule has 1 heterocycles. The molecule has 0 radical (unpaired) electrons. The van der Waals surface area contributed by atoms with E-state index in [-0.39, 0.29) is 24.7 Å². The molecule has 3 aromatic rings. The zero-order valence-corrected chi connectivity index (χ0v) is 17.4. The van der Waals surface area contributed by atoms with E-state index in [2.05, 4.69) is 5.32 Å². The average molecular weight is 407 g/mol. The molecule has 1 aromatic heterocycles. The number of furan rings is 1. The summed E-state index contributed by atoms with van der Waals surface area (Å²) >= 11 is 0. The van der Waals surface area contributed by atoms with Gasteiger partial charge in [-0.1, -0.05) is 24.3 Å². The minimum absolute atomic E-state index is 0.0465. The Balaban J connectivity index is 1.53. The Morgan fingerprint density at radius 3 is 2.43 bits per heavy atom. The third-order valence-corrected chi connectivity index (χ3v) is 5.03. The molecule has 2 aromatic carbocycles. The molecule has 1 amide bonds. The van der Waals surface area contributed by atoms with Crippen molar-refractivity contribution in [1.82, 2.24) is 5.32 Å². The van der Waals surface area contributed by atoms with Crippen LogP contribution < -0.4 is 5.32 Å². The van der Waals surface area contributed by atoms with Crippen molar-refractivity contribution in [3.8, 4) is 0 Å². The van der Waals surface area contributed by atoms with Crippen LogP contribution in [-0.4, -0.2) is 30.8 Å². The van der Waals surface area contributed by atoms with Crippen LogP contribution in [0.1, 0.15) is 39.5 Å². The predicted octanol–water partition coefficient (Wildman–Crippen LogP) is 3.70. The van der Waals surface area contributed by atoms with Crippen LogP contribution in [0.2, 0.25) is 0 Å². The Morgan fingerprint density at radius 2 is 1.73 bits per heavy atom. The maximum absolute atomic E-state index is 12.3. The van der Waals surface area contributed by atoms with Gasteiger partial charge in [-0.2, -0.15) is 0 Å². The highest BCUT2D eigenvalue weighted by molar-refractivity contribution is 5.98. The molecule has 0 saturated carbocycles. The van der Waals surface area contributed by atoms with Gasteiger partial charge in [0, 0.05) is 30.0 Å². The Bertz CT molecular complexity index is 1080.